The summed E-state index contributed by atoms with van der Waals surface area (Å²) in [5.41, 5.74) is 1.50. The zero-order valence-corrected chi connectivity index (χ0v) is 12.0. The molecule has 1 N–H and O–H groups in total. The first-order chi connectivity index (χ1) is 8.20. The summed E-state index contributed by atoms with van der Waals surface area (Å²) in [6.07, 6.45) is 1.18. The van der Waals surface area contributed by atoms with Gasteiger partial charge in [0.2, 0.25) is 0 Å². The molecule has 1 aromatic rings. The van der Waals surface area contributed by atoms with E-state index < -0.39 is 0 Å². The van der Waals surface area contributed by atoms with Gasteiger partial charge < -0.3 is 5.32 Å². The number of thioether (sulfide) groups is 1. The quantitative estimate of drug-likeness (QED) is 0.821. The Morgan fingerprint density at radius 1 is 1.41 bits per heavy atom. The molecule has 17 heavy (non-hydrogen) atoms. The van der Waals surface area contributed by atoms with Gasteiger partial charge in [-0.3, -0.25) is 0 Å². The van der Waals surface area contributed by atoms with Gasteiger partial charge in [-0.15, -0.1) is 23.4 Å². The van der Waals surface area contributed by atoms with E-state index in [0.29, 0.717) is 23.1 Å². The van der Waals surface area contributed by atoms with Crippen LogP contribution in [0.1, 0.15) is 19.4 Å². The Hall–Kier alpha value is -0.180. The van der Waals surface area contributed by atoms with Crippen molar-refractivity contribution in [2.45, 2.75) is 36.5 Å². The molecule has 0 fully saturated rings. The summed E-state index contributed by atoms with van der Waals surface area (Å²) in [6, 6.07) is 9.15. The number of halogens is 1. The lowest BCUT2D eigenvalue weighted by Crippen LogP contribution is -2.39. The van der Waals surface area contributed by atoms with Crippen LogP contribution in [-0.4, -0.2) is 23.7 Å². The highest BCUT2D eigenvalue weighted by Crippen LogP contribution is 2.36. The van der Waals surface area contributed by atoms with Crippen LogP contribution < -0.4 is 5.32 Å². The molecule has 0 bridgehead atoms. The number of hydrogen-bond acceptors (Lipinski definition) is 2. The fourth-order valence-electron chi connectivity index (χ4n) is 2.12. The van der Waals surface area contributed by atoms with Crippen LogP contribution in [0.5, 0.6) is 0 Å². The Bertz CT molecular complexity index is 342. The lowest BCUT2D eigenvalue weighted by Gasteiger charge is -2.21. The maximum atomic E-state index is 5.97. The molecule has 2 rings (SSSR count). The molecular weight excluding hydrogens is 250 g/mol. The van der Waals surface area contributed by atoms with Crippen molar-refractivity contribution in [1.29, 1.82) is 0 Å². The van der Waals surface area contributed by atoms with E-state index in [-0.39, 0.29) is 0 Å². The highest BCUT2D eigenvalue weighted by atomic mass is 35.5. The maximum Gasteiger partial charge on any atom is 0.0379 e. The molecule has 0 saturated carbocycles. The monoisotopic (exact) mass is 269 g/mol. The molecule has 0 radical (unpaired) electrons. The highest BCUT2D eigenvalue weighted by Gasteiger charge is 2.22. The zero-order valence-electron chi connectivity index (χ0n) is 10.4. The van der Waals surface area contributed by atoms with Crippen molar-refractivity contribution in [3.8, 4) is 0 Å². The number of nitrogens with one attached hydrogen (secondary N) is 1. The predicted molar refractivity (Wildman–Crippen MR) is 77.1 cm³/mol. The molecule has 2 unspecified atom stereocenters. The van der Waals surface area contributed by atoms with Gasteiger partial charge in [0.1, 0.15) is 0 Å². The summed E-state index contributed by atoms with van der Waals surface area (Å²) >= 11 is 7.96. The van der Waals surface area contributed by atoms with Gasteiger partial charge in [-0.1, -0.05) is 32.0 Å². The van der Waals surface area contributed by atoms with Crippen molar-refractivity contribution < 1.29 is 0 Å². The topological polar surface area (TPSA) is 12.0 Å². The van der Waals surface area contributed by atoms with Crippen molar-refractivity contribution in [1.82, 2.24) is 5.32 Å². The lowest BCUT2D eigenvalue weighted by molar-refractivity contribution is 0.431. The first kappa shape index (κ1) is 13.3. The molecule has 0 spiro atoms. The van der Waals surface area contributed by atoms with Crippen LogP contribution in [0.4, 0.5) is 0 Å². The third kappa shape index (κ3) is 3.40. The van der Waals surface area contributed by atoms with Crippen LogP contribution in [0, 0.1) is 5.92 Å². The van der Waals surface area contributed by atoms with E-state index in [1.165, 1.54) is 16.9 Å². The average Bonchev–Trinajstić information content (AvgIpc) is 2.71. The van der Waals surface area contributed by atoms with Crippen LogP contribution >= 0.6 is 23.4 Å². The van der Waals surface area contributed by atoms with Crippen LogP contribution in [-0.2, 0) is 6.42 Å². The fourth-order valence-corrected chi connectivity index (χ4v) is 3.85. The minimum absolute atomic E-state index is 0.431. The third-order valence-electron chi connectivity index (χ3n) is 3.29. The molecule has 1 aliphatic rings. The number of fused-ring (bicyclic) bond motifs is 1. The van der Waals surface area contributed by atoms with Crippen molar-refractivity contribution >= 4 is 23.4 Å². The summed E-state index contributed by atoms with van der Waals surface area (Å²) in [6.45, 7) is 5.49. The van der Waals surface area contributed by atoms with E-state index in [1.54, 1.807) is 0 Å². The van der Waals surface area contributed by atoms with E-state index in [1.807, 2.05) is 11.8 Å². The molecule has 0 aliphatic carbocycles. The van der Waals surface area contributed by atoms with E-state index in [4.69, 9.17) is 11.6 Å². The molecule has 94 valence electrons. The van der Waals surface area contributed by atoms with Crippen LogP contribution in [0.2, 0.25) is 0 Å². The summed E-state index contributed by atoms with van der Waals surface area (Å²) in [5, 5.41) is 4.26. The number of hydrogen-bond donors (Lipinski definition) is 1. The van der Waals surface area contributed by atoms with Gasteiger partial charge >= 0.3 is 0 Å². The summed E-state index contributed by atoms with van der Waals surface area (Å²) in [5.74, 6) is 1.29. The van der Waals surface area contributed by atoms with Crippen molar-refractivity contribution in [2.75, 3.05) is 12.4 Å². The van der Waals surface area contributed by atoms with Gasteiger partial charge in [0.15, 0.2) is 0 Å². The SMILES string of the molecule is CC(C)C(CCl)NCC1Cc2ccccc2S1. The van der Waals surface area contributed by atoms with E-state index in [0.717, 1.165) is 6.54 Å². The van der Waals surface area contributed by atoms with Crippen molar-refractivity contribution in [3.05, 3.63) is 29.8 Å². The lowest BCUT2D eigenvalue weighted by atomic mass is 10.1. The van der Waals surface area contributed by atoms with Crippen LogP contribution in [0.25, 0.3) is 0 Å². The van der Waals surface area contributed by atoms with Crippen molar-refractivity contribution in [2.24, 2.45) is 5.92 Å². The predicted octanol–water partition coefficient (Wildman–Crippen LogP) is 3.56. The van der Waals surface area contributed by atoms with E-state index in [9.17, 15) is 0 Å². The minimum atomic E-state index is 0.431. The summed E-state index contributed by atoms with van der Waals surface area (Å²) in [7, 11) is 0. The van der Waals surface area contributed by atoms with E-state index in [2.05, 4.69) is 43.4 Å². The molecule has 0 saturated heterocycles. The summed E-state index contributed by atoms with van der Waals surface area (Å²) in [4.78, 5) is 1.45. The maximum absolute atomic E-state index is 5.97. The zero-order chi connectivity index (χ0) is 12.3. The fraction of sp³-hybridized carbons (Fsp3) is 0.571. The third-order valence-corrected chi connectivity index (χ3v) is 4.94. The molecule has 1 nitrogen and oxygen atoms in total. The Morgan fingerprint density at radius 2 is 2.18 bits per heavy atom. The number of rotatable bonds is 5. The van der Waals surface area contributed by atoms with Gasteiger partial charge in [-0.2, -0.15) is 0 Å². The normalized spacial score (nSPS) is 20.6. The minimum Gasteiger partial charge on any atom is -0.311 e. The molecule has 0 amide bonds. The molecule has 1 heterocycles. The Kier molecular flexibility index (Phi) is 4.78. The Labute approximate surface area is 113 Å². The highest BCUT2D eigenvalue weighted by molar-refractivity contribution is 8.00. The molecule has 2 atom stereocenters. The van der Waals surface area contributed by atoms with E-state index >= 15 is 0 Å². The second-order valence-electron chi connectivity index (χ2n) is 4.96. The number of alkyl halides is 1. The second kappa shape index (κ2) is 6.12. The average molecular weight is 270 g/mol. The first-order valence-corrected chi connectivity index (χ1v) is 7.66. The van der Waals surface area contributed by atoms with Crippen LogP contribution in [0.15, 0.2) is 29.2 Å². The second-order valence-corrected chi connectivity index (χ2v) is 6.62. The first-order valence-electron chi connectivity index (χ1n) is 6.24. The smallest absolute Gasteiger partial charge is 0.0379 e. The Morgan fingerprint density at radius 3 is 2.82 bits per heavy atom. The molecule has 1 aliphatic heterocycles. The van der Waals surface area contributed by atoms with Gasteiger partial charge in [-0.05, 0) is 24.0 Å². The Balaban J connectivity index is 1.84. The standard InChI is InChI=1S/C14H20ClNS/c1-10(2)13(8-15)16-9-12-7-11-5-3-4-6-14(11)17-12/h3-6,10,12-13,16H,7-9H2,1-2H3. The number of benzene rings is 1. The van der Waals surface area contributed by atoms with Gasteiger partial charge in [0, 0.05) is 28.6 Å². The van der Waals surface area contributed by atoms with Gasteiger partial charge in [0.25, 0.3) is 0 Å². The van der Waals surface area contributed by atoms with Gasteiger partial charge in [-0.25, -0.2) is 0 Å². The molecule has 1 aromatic carbocycles. The largest absolute Gasteiger partial charge is 0.311 e. The summed E-state index contributed by atoms with van der Waals surface area (Å²) < 4.78 is 0. The molecule has 3 heteroatoms. The van der Waals surface area contributed by atoms with Crippen LogP contribution in [0.3, 0.4) is 0 Å². The molecule has 0 aromatic heterocycles. The molecular formula is C14H20ClNS. The van der Waals surface area contributed by atoms with Gasteiger partial charge in [0.05, 0.1) is 0 Å². The van der Waals surface area contributed by atoms with Crippen molar-refractivity contribution in [3.63, 3.8) is 0 Å².